The van der Waals surface area contributed by atoms with E-state index in [1.807, 2.05) is 55.5 Å². The number of carbonyl (C=O) groups is 1. The van der Waals surface area contributed by atoms with Gasteiger partial charge in [0.05, 0.1) is 23.1 Å². The summed E-state index contributed by atoms with van der Waals surface area (Å²) >= 11 is 12.7. The number of anilines is 3. The fourth-order valence-electron chi connectivity index (χ4n) is 2.61. The van der Waals surface area contributed by atoms with Crippen LogP contribution >= 0.6 is 35.6 Å². The number of benzene rings is 2. The maximum atomic E-state index is 12.5. The van der Waals surface area contributed by atoms with E-state index in [1.54, 1.807) is 19.2 Å². The smallest absolute Gasteiger partial charge is 0.238 e. The summed E-state index contributed by atoms with van der Waals surface area (Å²) in [6.07, 6.45) is 1.49. The number of pyridine rings is 1. The van der Waals surface area contributed by atoms with Crippen LogP contribution in [0.1, 0.15) is 6.92 Å². The highest BCUT2D eigenvalue weighted by Gasteiger charge is 2.15. The molecule has 160 valence electrons. The van der Waals surface area contributed by atoms with Gasteiger partial charge in [0.15, 0.2) is 5.11 Å². The number of para-hydroxylation sites is 2. The Hall–Kier alpha value is -2.81. The highest BCUT2D eigenvalue weighted by atomic mass is 35.5. The number of nitrogens with one attached hydrogen (secondary N) is 3. The molecule has 0 fully saturated rings. The summed E-state index contributed by atoms with van der Waals surface area (Å²) in [5.74, 6) is 1.02. The molecule has 0 radical (unpaired) electrons. The van der Waals surface area contributed by atoms with Crippen molar-refractivity contribution in [2.45, 2.75) is 17.1 Å². The van der Waals surface area contributed by atoms with Crippen molar-refractivity contribution < 1.29 is 9.53 Å². The molecule has 1 aromatic heterocycles. The molecule has 3 rings (SSSR count). The highest BCUT2D eigenvalue weighted by molar-refractivity contribution is 8.00. The molecule has 6 nitrogen and oxygen atoms in total. The lowest BCUT2D eigenvalue weighted by atomic mass is 10.3. The van der Waals surface area contributed by atoms with E-state index >= 15 is 0 Å². The van der Waals surface area contributed by atoms with E-state index in [0.29, 0.717) is 21.7 Å². The molecule has 3 aromatic rings. The molecule has 0 spiro atoms. The molecular formula is C22H21ClN4O2S2. The molecule has 0 saturated heterocycles. The van der Waals surface area contributed by atoms with Crippen LogP contribution in [0.3, 0.4) is 0 Å². The first-order valence-corrected chi connectivity index (χ1v) is 11.0. The number of carbonyl (C=O) groups excluding carboxylic acids is 1. The van der Waals surface area contributed by atoms with Crippen molar-refractivity contribution in [1.29, 1.82) is 0 Å². The quantitative estimate of drug-likeness (QED) is 0.302. The lowest BCUT2D eigenvalue weighted by Gasteiger charge is -2.15. The van der Waals surface area contributed by atoms with E-state index < -0.39 is 0 Å². The Bertz CT molecular complexity index is 1060. The van der Waals surface area contributed by atoms with Crippen LogP contribution < -0.4 is 20.7 Å². The predicted octanol–water partition coefficient (Wildman–Crippen LogP) is 5.67. The summed E-state index contributed by atoms with van der Waals surface area (Å²) in [5, 5.41) is 9.70. The Balaban J connectivity index is 1.58. The van der Waals surface area contributed by atoms with Crippen molar-refractivity contribution >= 4 is 63.8 Å². The number of thiocarbonyl (C=S) groups is 1. The zero-order chi connectivity index (χ0) is 22.2. The minimum Gasteiger partial charge on any atom is -0.495 e. The van der Waals surface area contributed by atoms with Crippen molar-refractivity contribution in [3.8, 4) is 5.75 Å². The van der Waals surface area contributed by atoms with Crippen LogP contribution in [0.15, 0.2) is 71.8 Å². The van der Waals surface area contributed by atoms with Gasteiger partial charge in [0, 0.05) is 16.8 Å². The highest BCUT2D eigenvalue weighted by Crippen LogP contribution is 2.27. The molecule has 1 heterocycles. The number of thioether (sulfide) groups is 1. The van der Waals surface area contributed by atoms with Gasteiger partial charge in [0.2, 0.25) is 5.91 Å². The molecule has 31 heavy (non-hydrogen) atoms. The van der Waals surface area contributed by atoms with Gasteiger partial charge in [-0.25, -0.2) is 4.98 Å². The summed E-state index contributed by atoms with van der Waals surface area (Å²) < 4.78 is 5.33. The molecule has 2 aromatic carbocycles. The van der Waals surface area contributed by atoms with Gasteiger partial charge in [-0.15, -0.1) is 11.8 Å². The summed E-state index contributed by atoms with van der Waals surface area (Å²) in [6.45, 7) is 1.84. The second-order valence-electron chi connectivity index (χ2n) is 6.42. The Morgan fingerprint density at radius 2 is 1.90 bits per heavy atom. The van der Waals surface area contributed by atoms with Crippen LogP contribution in [0.25, 0.3) is 0 Å². The van der Waals surface area contributed by atoms with Gasteiger partial charge in [-0.1, -0.05) is 29.8 Å². The lowest BCUT2D eigenvalue weighted by molar-refractivity contribution is -0.115. The Morgan fingerprint density at radius 3 is 2.65 bits per heavy atom. The fourth-order valence-corrected chi connectivity index (χ4v) is 3.88. The topological polar surface area (TPSA) is 75.3 Å². The molecule has 1 atom stereocenters. The number of nitrogens with zero attached hydrogens (tertiary/aromatic N) is 1. The largest absolute Gasteiger partial charge is 0.495 e. The van der Waals surface area contributed by atoms with Gasteiger partial charge in [-0.2, -0.15) is 0 Å². The first-order chi connectivity index (χ1) is 14.9. The van der Waals surface area contributed by atoms with Gasteiger partial charge < -0.3 is 20.7 Å². The lowest BCUT2D eigenvalue weighted by Crippen LogP contribution is -2.23. The third kappa shape index (κ3) is 6.85. The van der Waals surface area contributed by atoms with Crippen LogP contribution in [0.4, 0.5) is 17.2 Å². The summed E-state index contributed by atoms with van der Waals surface area (Å²) in [7, 11) is 1.61. The molecule has 0 saturated carbocycles. The van der Waals surface area contributed by atoms with E-state index in [0.717, 1.165) is 16.3 Å². The minimum atomic E-state index is -0.327. The Labute approximate surface area is 195 Å². The zero-order valence-electron chi connectivity index (χ0n) is 16.9. The molecule has 0 aliphatic heterocycles. The molecule has 1 unspecified atom stereocenters. The van der Waals surface area contributed by atoms with E-state index in [-0.39, 0.29) is 11.2 Å². The van der Waals surface area contributed by atoms with Crippen molar-refractivity contribution in [3.05, 3.63) is 71.9 Å². The van der Waals surface area contributed by atoms with Crippen LogP contribution in [0.5, 0.6) is 5.75 Å². The monoisotopic (exact) mass is 472 g/mol. The van der Waals surface area contributed by atoms with Crippen LogP contribution in [-0.2, 0) is 4.79 Å². The molecule has 9 heteroatoms. The van der Waals surface area contributed by atoms with E-state index in [4.69, 9.17) is 28.6 Å². The minimum absolute atomic E-state index is 0.147. The van der Waals surface area contributed by atoms with Gasteiger partial charge >= 0.3 is 0 Å². The summed E-state index contributed by atoms with van der Waals surface area (Å²) in [6, 6.07) is 18.6. The number of hydrogen-bond donors (Lipinski definition) is 3. The maximum absolute atomic E-state index is 12.5. The van der Waals surface area contributed by atoms with Gasteiger partial charge in [-0.05, 0) is 61.6 Å². The average molecular weight is 473 g/mol. The molecule has 3 N–H and O–H groups in total. The molecule has 1 amide bonds. The SMILES string of the molecule is COc1ccccc1NC(=S)Nc1cccc(SC(C)C(=O)Nc2ccc(Cl)cn2)c1. The third-order valence-electron chi connectivity index (χ3n) is 4.11. The second-order valence-corrected chi connectivity index (χ2v) is 8.68. The average Bonchev–Trinajstić information content (AvgIpc) is 2.76. The van der Waals surface area contributed by atoms with Crippen LogP contribution in [0, 0.1) is 0 Å². The second kappa shape index (κ2) is 11.0. The van der Waals surface area contributed by atoms with Gasteiger partial charge in [0.1, 0.15) is 11.6 Å². The summed E-state index contributed by atoms with van der Waals surface area (Å²) in [5.41, 5.74) is 1.58. The normalized spacial score (nSPS) is 11.3. The molecule has 0 bridgehead atoms. The van der Waals surface area contributed by atoms with Crippen LogP contribution in [0.2, 0.25) is 5.02 Å². The number of ether oxygens (including phenoxy) is 1. The van der Waals surface area contributed by atoms with Crippen molar-refractivity contribution in [2.24, 2.45) is 0 Å². The van der Waals surface area contributed by atoms with Crippen molar-refractivity contribution in [3.63, 3.8) is 0 Å². The van der Waals surface area contributed by atoms with Crippen LogP contribution in [-0.4, -0.2) is 28.4 Å². The summed E-state index contributed by atoms with van der Waals surface area (Å²) in [4.78, 5) is 17.5. The van der Waals surface area contributed by atoms with Gasteiger partial charge in [0.25, 0.3) is 0 Å². The van der Waals surface area contributed by atoms with Crippen molar-refractivity contribution in [1.82, 2.24) is 4.98 Å². The first kappa shape index (κ1) is 22.9. The number of hydrogen-bond acceptors (Lipinski definition) is 5. The Morgan fingerprint density at radius 1 is 1.10 bits per heavy atom. The molecule has 0 aliphatic carbocycles. The van der Waals surface area contributed by atoms with E-state index in [2.05, 4.69) is 20.9 Å². The number of rotatable bonds is 7. The number of aromatic nitrogens is 1. The third-order valence-corrected chi connectivity index (χ3v) is 5.63. The number of halogens is 1. The number of amides is 1. The van der Waals surface area contributed by atoms with Gasteiger partial charge in [-0.3, -0.25) is 4.79 Å². The predicted molar refractivity (Wildman–Crippen MR) is 132 cm³/mol. The fraction of sp³-hybridized carbons (Fsp3) is 0.136. The standard InChI is InChI=1S/C22H21ClN4O2S2/c1-14(21(28)27-20-11-10-15(23)13-24-20)31-17-7-5-6-16(12-17)25-22(30)26-18-8-3-4-9-19(18)29-2/h3-14H,1-2H3,(H,24,27,28)(H2,25,26,30). The van der Waals surface area contributed by atoms with E-state index in [9.17, 15) is 4.79 Å². The number of methoxy groups -OCH3 is 1. The maximum Gasteiger partial charge on any atom is 0.238 e. The van der Waals surface area contributed by atoms with Crippen molar-refractivity contribution in [2.75, 3.05) is 23.1 Å². The Kier molecular flexibility index (Phi) is 8.11. The molecular weight excluding hydrogens is 452 g/mol. The van der Waals surface area contributed by atoms with E-state index in [1.165, 1.54) is 18.0 Å². The first-order valence-electron chi connectivity index (χ1n) is 9.35. The zero-order valence-corrected chi connectivity index (χ0v) is 19.3. The molecule has 0 aliphatic rings.